The molecule has 0 amide bonds. The van der Waals surface area contributed by atoms with Gasteiger partial charge in [0.05, 0.1) is 0 Å². The lowest BCUT2D eigenvalue weighted by atomic mass is 9.84. The Morgan fingerprint density at radius 2 is 0.396 bits per heavy atom. The molecule has 28 rings (SSSR count). The summed E-state index contributed by atoms with van der Waals surface area (Å²) in [6.45, 7) is 0. The normalized spacial score (nSPS) is 11.8. The predicted octanol–water partition coefficient (Wildman–Crippen LogP) is 39.8. The molecule has 0 atom stereocenters. The minimum Gasteiger partial charge on any atom is -0.135 e. The van der Waals surface area contributed by atoms with Crippen LogP contribution < -0.4 is 0 Å². The Morgan fingerprint density at radius 3 is 0.821 bits per heavy atom. The first-order valence-electron chi connectivity index (χ1n) is 48.7. The lowest BCUT2D eigenvalue weighted by Gasteiger charge is -2.19. The molecule has 0 fully saturated rings. The number of rotatable bonds is 9. The Morgan fingerprint density at radius 1 is 0.142 bits per heavy atom. The van der Waals surface area contributed by atoms with Crippen molar-refractivity contribution in [2.45, 2.75) is 7.40 Å². The minimum atomic E-state index is 1.25. The molecule has 0 saturated heterocycles. The van der Waals surface area contributed by atoms with Gasteiger partial charge in [0.25, 0.3) is 0 Å². The third-order valence-corrected chi connectivity index (χ3v) is 31.2. The molecule has 28 aromatic rings. The maximum absolute atomic E-state index is 5.75. The fraction of sp³-hybridized carbons (Fsp3) is 0.00763. The van der Waals surface area contributed by atoms with Crippen LogP contribution in [0.4, 0.5) is 0 Å². The van der Waals surface area contributed by atoms with Gasteiger partial charge in [-0.1, -0.05) is 462 Å². The highest BCUT2D eigenvalue weighted by Crippen LogP contribution is 2.54. The standard InChI is InChI=1S/C46H28S.2C42H26S.CH4.2H2/c1-2-12-31(13-3-1)44-36-15-6-8-17-38(36)45(39-18-9-7-16-37(39)44)41-20-10-19-40-35-26-25-33(28-43(35)47-46(40)41)32-24-23-30-22-21-29-11-4-5-14-34(29)42(30)27-32;1-2-13-28(14-3-1)40-32-17-6-8-19-34(32)41(35-20-9-7-18-33(35)40)37-23-11-22-36-38-26-29(24-25-39(38)43-42(36)37)31-21-10-15-27-12-4-5-16-30(27)31;1-2-12-27(13-3-1)29-24-25-31-37-22-11-23-38(42(37)43-39(31)26-29)41-35-19-8-6-17-33(35)40(34-18-7-9-20-36(34)41)32-21-10-15-28-14-4-5-16-30(28)32;;;/h1-28H;2*1-26H;1H4;2*1H/i;;;1D;2*1+1D. The second-order valence-corrected chi connectivity index (χ2v) is 38.0. The lowest BCUT2D eigenvalue weighted by Crippen LogP contribution is -1.91. The van der Waals surface area contributed by atoms with Crippen molar-refractivity contribution in [3.8, 4) is 100 Å². The highest BCUT2D eigenvalue weighted by Gasteiger charge is 2.26. The van der Waals surface area contributed by atoms with Crippen LogP contribution in [-0.4, -0.2) is 0 Å². The Labute approximate surface area is 796 Å². The molecule has 134 heavy (non-hydrogen) atoms. The summed E-state index contributed by atoms with van der Waals surface area (Å²) in [7, 11) is 1.25. The zero-order chi connectivity index (χ0) is 93.6. The summed E-state index contributed by atoms with van der Waals surface area (Å²) < 4.78 is 33.7. The van der Waals surface area contributed by atoms with Crippen LogP contribution >= 0.6 is 34.0 Å². The smallest absolute Gasteiger partial charge is 0.0434 e. The second kappa shape index (κ2) is 33.3. The molecule has 3 heterocycles. The van der Waals surface area contributed by atoms with Gasteiger partial charge in [0.1, 0.15) is 0 Å². The quantitative estimate of drug-likeness (QED) is 0.0998. The van der Waals surface area contributed by atoms with Crippen LogP contribution in [-0.2, 0) is 0 Å². The molecule has 0 radical (unpaired) electrons. The topological polar surface area (TPSA) is 0 Å². The molecule has 0 saturated carbocycles. The van der Waals surface area contributed by atoms with Crippen molar-refractivity contribution in [1.29, 1.82) is 0 Å². The molecule has 3 heteroatoms. The van der Waals surface area contributed by atoms with E-state index in [-0.39, 0.29) is 0 Å². The molecule has 0 unspecified atom stereocenters. The van der Waals surface area contributed by atoms with E-state index in [4.69, 9.17) is 7.31 Å². The Bertz CT molecular complexity index is 9440. The van der Waals surface area contributed by atoms with Gasteiger partial charge in [-0.2, -0.15) is 0 Å². The van der Waals surface area contributed by atoms with Gasteiger partial charge in [0.15, 0.2) is 0 Å². The minimum absolute atomic E-state index is 1.25. The Balaban J connectivity index is 0.000000114. The van der Waals surface area contributed by atoms with Crippen molar-refractivity contribution >= 4 is 202 Å². The lowest BCUT2D eigenvalue weighted by molar-refractivity contribution is 1.66. The van der Waals surface area contributed by atoms with Crippen LogP contribution in [0.25, 0.3) is 268 Å². The molecule has 0 bridgehead atoms. The van der Waals surface area contributed by atoms with Gasteiger partial charge in [0.2, 0.25) is 0 Å². The molecule has 3 aromatic heterocycles. The maximum Gasteiger partial charge on any atom is 0.0434 e. The van der Waals surface area contributed by atoms with E-state index in [1.165, 1.54) is 276 Å². The molecule has 0 aliphatic heterocycles. The summed E-state index contributed by atoms with van der Waals surface area (Å²) >= 11 is 5.74. The van der Waals surface area contributed by atoms with Gasteiger partial charge in [-0.3, -0.25) is 0 Å². The van der Waals surface area contributed by atoms with E-state index in [1.54, 1.807) is 0 Å². The molecular weight excluding hydrogens is 1670 g/mol. The van der Waals surface area contributed by atoms with Gasteiger partial charge < -0.3 is 0 Å². The third-order valence-electron chi connectivity index (χ3n) is 27.6. The van der Waals surface area contributed by atoms with Crippen LogP contribution in [0.2, 0.25) is 0 Å². The van der Waals surface area contributed by atoms with E-state index in [2.05, 4.69) is 485 Å². The molecule has 0 aliphatic rings. The Kier molecular flexibility index (Phi) is 19.0. The third kappa shape index (κ3) is 13.4. The van der Waals surface area contributed by atoms with E-state index in [1.807, 2.05) is 34.0 Å². The van der Waals surface area contributed by atoms with E-state index in [9.17, 15) is 0 Å². The fourth-order valence-electron chi connectivity index (χ4n) is 21.6. The SMILES string of the molecule is [2H]C.[2H][2H].[2H][2H].c1ccc(-c2c3ccccc3c(-c3cccc4c3sc3cc(-c5ccc6ccc7ccccc7c6c5)ccc34)c3ccccc23)cc1.c1ccc(-c2c3ccccc3c(-c3cccc4c3sc3ccc(-c5cccc6ccccc56)cc34)c3ccccc23)cc1.c1ccc(-c2ccc3c(c2)sc2c(-c4c5ccccc5c(-c5cccc6ccccc56)c5ccccc45)cccc23)cc1. The van der Waals surface area contributed by atoms with Crippen LogP contribution in [0, 0.1) is 0 Å². The molecule has 630 valence electrons. The van der Waals surface area contributed by atoms with E-state index in [0.717, 1.165) is 0 Å². The molecule has 0 spiro atoms. The van der Waals surface area contributed by atoms with Gasteiger partial charge in [-0.05, 0) is 222 Å². The summed E-state index contributed by atoms with van der Waals surface area (Å²) in [5.41, 5.74) is 23.1. The average molecular weight is 1760 g/mol. The second-order valence-electron chi connectivity index (χ2n) is 34.9. The van der Waals surface area contributed by atoms with E-state index in [0.29, 0.717) is 0 Å². The van der Waals surface area contributed by atoms with E-state index >= 15 is 0 Å². The zero-order valence-electron chi connectivity index (χ0n) is 78.4. The number of hydrogen-bond donors (Lipinski definition) is 0. The van der Waals surface area contributed by atoms with Crippen molar-refractivity contribution in [3.05, 3.63) is 485 Å². The summed E-state index contributed by atoms with van der Waals surface area (Å²) in [5.74, 6) is 0. The van der Waals surface area contributed by atoms with Crippen molar-refractivity contribution < 1.29 is 7.31 Å². The number of thiophene rings is 3. The monoisotopic (exact) mass is 1760 g/mol. The predicted molar refractivity (Wildman–Crippen MR) is 593 cm³/mol. The average Bonchev–Trinajstić information content (AvgIpc) is 1.71. The van der Waals surface area contributed by atoms with Crippen LogP contribution in [0.1, 0.15) is 14.7 Å². The number of hydrogen-bond acceptors (Lipinski definition) is 3. The highest BCUT2D eigenvalue weighted by molar-refractivity contribution is 7.27. The molecular formula is C131H88S3. The molecule has 25 aromatic carbocycles. The first-order chi connectivity index (χ1) is 69.0. The van der Waals surface area contributed by atoms with Crippen LogP contribution in [0.5, 0.6) is 0 Å². The number of benzene rings is 25. The summed E-state index contributed by atoms with van der Waals surface area (Å²) in [5, 5.41) is 33.7. The highest BCUT2D eigenvalue weighted by atomic mass is 32.1. The zero-order valence-corrected chi connectivity index (χ0v) is 75.9. The van der Waals surface area contributed by atoms with Crippen LogP contribution in [0.3, 0.4) is 0 Å². The van der Waals surface area contributed by atoms with Crippen molar-refractivity contribution in [2.75, 3.05) is 0 Å². The van der Waals surface area contributed by atoms with Gasteiger partial charge in [0, 0.05) is 84.5 Å². The summed E-state index contributed by atoms with van der Waals surface area (Å²) in [4.78, 5) is 0. The van der Waals surface area contributed by atoms with Crippen molar-refractivity contribution in [1.82, 2.24) is 0 Å². The summed E-state index contributed by atoms with van der Waals surface area (Å²) in [6, 6.07) is 178. The van der Waals surface area contributed by atoms with Crippen molar-refractivity contribution in [2.24, 2.45) is 0 Å². The summed E-state index contributed by atoms with van der Waals surface area (Å²) in [6.07, 6.45) is 0. The molecule has 0 nitrogen and oxygen atoms in total. The van der Waals surface area contributed by atoms with Gasteiger partial charge in [-0.15, -0.1) is 34.0 Å². The first kappa shape index (κ1) is 76.6. The van der Waals surface area contributed by atoms with Gasteiger partial charge >= 0.3 is 0 Å². The molecule has 0 aliphatic carbocycles. The van der Waals surface area contributed by atoms with Gasteiger partial charge in [-0.25, -0.2) is 0 Å². The number of fused-ring (bicyclic) bond motifs is 20. The largest absolute Gasteiger partial charge is 0.135 e. The maximum atomic E-state index is 5.75. The van der Waals surface area contributed by atoms with E-state index < -0.39 is 0 Å². The first-order valence-corrected chi connectivity index (χ1v) is 48.2. The van der Waals surface area contributed by atoms with Crippen LogP contribution in [0.15, 0.2) is 485 Å². The van der Waals surface area contributed by atoms with Crippen molar-refractivity contribution in [3.63, 3.8) is 0 Å². The Hall–Kier alpha value is -16.2. The fourth-order valence-corrected chi connectivity index (χ4v) is 25.3. The molecule has 0 N–H and O–H groups in total.